The maximum Gasteiger partial charge on any atom is 0.241 e. The number of benzene rings is 1. The van der Waals surface area contributed by atoms with E-state index in [1.807, 2.05) is 0 Å². The number of rotatable bonds is 5. The monoisotopic (exact) mass is 248 g/mol. The van der Waals surface area contributed by atoms with E-state index in [4.69, 9.17) is 0 Å². The van der Waals surface area contributed by atoms with Gasteiger partial charge in [0.25, 0.3) is 0 Å². The van der Waals surface area contributed by atoms with Crippen LogP contribution in [0.3, 0.4) is 0 Å². The summed E-state index contributed by atoms with van der Waals surface area (Å²) in [6, 6.07) is 6.53. The molecule has 18 heavy (non-hydrogen) atoms. The van der Waals surface area contributed by atoms with Gasteiger partial charge in [-0.2, -0.15) is 5.10 Å². The number of carbonyl (C=O) groups excluding carboxylic acids is 1. The Kier molecular flexibility index (Phi) is 4.01. The molecule has 94 valence electrons. The van der Waals surface area contributed by atoms with E-state index in [2.05, 4.69) is 15.4 Å². The van der Waals surface area contributed by atoms with Crippen LogP contribution in [-0.4, -0.2) is 27.2 Å². The zero-order valence-corrected chi connectivity index (χ0v) is 9.71. The van der Waals surface area contributed by atoms with Gasteiger partial charge in [0.2, 0.25) is 5.91 Å². The number of carbonyl (C=O) groups is 1. The molecule has 0 atom stereocenters. The summed E-state index contributed by atoms with van der Waals surface area (Å²) in [5.74, 6) is -0.417. The van der Waals surface area contributed by atoms with Crippen molar-refractivity contribution in [3.05, 3.63) is 48.3 Å². The van der Waals surface area contributed by atoms with Crippen LogP contribution < -0.4 is 5.32 Å². The average molecular weight is 248 g/mol. The Morgan fingerprint density at radius 2 is 2.22 bits per heavy atom. The van der Waals surface area contributed by atoms with Crippen molar-refractivity contribution < 1.29 is 9.18 Å². The molecule has 0 aliphatic rings. The lowest BCUT2D eigenvalue weighted by Crippen LogP contribution is -2.29. The van der Waals surface area contributed by atoms with E-state index in [1.54, 1.807) is 18.2 Å². The summed E-state index contributed by atoms with van der Waals surface area (Å²) in [5, 5.41) is 6.52. The maximum absolute atomic E-state index is 13.3. The minimum atomic E-state index is -0.247. The average Bonchev–Trinajstić information content (AvgIpc) is 2.84. The molecule has 1 N–H and O–H groups in total. The quantitative estimate of drug-likeness (QED) is 0.850. The predicted molar refractivity (Wildman–Crippen MR) is 63.1 cm³/mol. The van der Waals surface area contributed by atoms with Crippen molar-refractivity contribution in [1.82, 2.24) is 20.1 Å². The number of halogens is 1. The molecule has 0 aliphatic heterocycles. The standard InChI is InChI=1S/C12H13FN4O/c13-11-4-2-1-3-10(11)5-6-15-12(18)7-17-9-14-8-16-17/h1-4,8-9H,5-7H2,(H,15,18). The van der Waals surface area contributed by atoms with E-state index in [0.29, 0.717) is 18.5 Å². The van der Waals surface area contributed by atoms with Crippen molar-refractivity contribution in [2.24, 2.45) is 0 Å². The summed E-state index contributed by atoms with van der Waals surface area (Å²) in [4.78, 5) is 15.2. The summed E-state index contributed by atoms with van der Waals surface area (Å²) in [6.07, 6.45) is 3.30. The Hall–Kier alpha value is -2.24. The lowest BCUT2D eigenvalue weighted by Gasteiger charge is -2.05. The van der Waals surface area contributed by atoms with Crippen molar-refractivity contribution in [1.29, 1.82) is 0 Å². The van der Waals surface area contributed by atoms with Gasteiger partial charge in [0, 0.05) is 6.54 Å². The molecular formula is C12H13FN4O. The van der Waals surface area contributed by atoms with Crippen LogP contribution in [0, 0.1) is 5.82 Å². The minimum Gasteiger partial charge on any atom is -0.354 e. The molecule has 0 saturated heterocycles. The smallest absolute Gasteiger partial charge is 0.241 e. The SMILES string of the molecule is O=C(Cn1cncn1)NCCc1ccccc1F. The number of hydrogen-bond donors (Lipinski definition) is 1. The van der Waals surface area contributed by atoms with Crippen molar-refractivity contribution >= 4 is 5.91 Å². The van der Waals surface area contributed by atoms with Crippen molar-refractivity contribution in [2.45, 2.75) is 13.0 Å². The first kappa shape index (κ1) is 12.2. The Bertz CT molecular complexity index is 513. The van der Waals surface area contributed by atoms with Gasteiger partial charge in [0.15, 0.2) is 0 Å². The van der Waals surface area contributed by atoms with Crippen molar-refractivity contribution in [3.8, 4) is 0 Å². The van der Waals surface area contributed by atoms with E-state index in [9.17, 15) is 9.18 Å². The minimum absolute atomic E-state index is 0.122. The molecule has 0 spiro atoms. The van der Waals surface area contributed by atoms with Crippen LogP contribution >= 0.6 is 0 Å². The summed E-state index contributed by atoms with van der Waals surface area (Å²) >= 11 is 0. The molecule has 2 aromatic rings. The highest BCUT2D eigenvalue weighted by Crippen LogP contribution is 2.05. The normalized spacial score (nSPS) is 10.3. The van der Waals surface area contributed by atoms with Crippen LogP contribution in [0.5, 0.6) is 0 Å². The van der Waals surface area contributed by atoms with Crippen LogP contribution in [0.4, 0.5) is 4.39 Å². The first-order valence-electron chi connectivity index (χ1n) is 5.58. The number of hydrogen-bond acceptors (Lipinski definition) is 3. The Morgan fingerprint density at radius 3 is 2.94 bits per heavy atom. The van der Waals surface area contributed by atoms with E-state index in [-0.39, 0.29) is 18.3 Å². The summed E-state index contributed by atoms with van der Waals surface area (Å²) in [5.41, 5.74) is 0.596. The fourth-order valence-electron chi connectivity index (χ4n) is 1.56. The molecule has 1 amide bonds. The van der Waals surface area contributed by atoms with E-state index >= 15 is 0 Å². The van der Waals surface area contributed by atoms with Gasteiger partial charge in [-0.05, 0) is 18.1 Å². The molecular weight excluding hydrogens is 235 g/mol. The molecule has 1 aromatic heterocycles. The highest BCUT2D eigenvalue weighted by atomic mass is 19.1. The van der Waals surface area contributed by atoms with E-state index in [0.717, 1.165) is 0 Å². The van der Waals surface area contributed by atoms with E-state index in [1.165, 1.54) is 23.4 Å². The van der Waals surface area contributed by atoms with Crippen LogP contribution in [-0.2, 0) is 17.8 Å². The number of aromatic nitrogens is 3. The first-order chi connectivity index (χ1) is 8.75. The molecule has 2 rings (SSSR count). The summed E-state index contributed by atoms with van der Waals surface area (Å²) in [6.45, 7) is 0.520. The second-order valence-electron chi connectivity index (χ2n) is 3.78. The molecule has 0 saturated carbocycles. The van der Waals surface area contributed by atoms with Gasteiger partial charge in [0.05, 0.1) is 0 Å². The van der Waals surface area contributed by atoms with Gasteiger partial charge >= 0.3 is 0 Å². The Morgan fingerprint density at radius 1 is 1.39 bits per heavy atom. The van der Waals surface area contributed by atoms with Gasteiger partial charge in [-0.25, -0.2) is 14.1 Å². The second-order valence-corrected chi connectivity index (χ2v) is 3.78. The highest BCUT2D eigenvalue weighted by Gasteiger charge is 2.04. The molecule has 1 heterocycles. The van der Waals surface area contributed by atoms with Crippen molar-refractivity contribution in [2.75, 3.05) is 6.54 Å². The topological polar surface area (TPSA) is 59.8 Å². The molecule has 0 bridgehead atoms. The number of nitrogens with one attached hydrogen (secondary N) is 1. The zero-order chi connectivity index (χ0) is 12.8. The van der Waals surface area contributed by atoms with Crippen LogP contribution in [0.25, 0.3) is 0 Å². The van der Waals surface area contributed by atoms with E-state index < -0.39 is 0 Å². The lowest BCUT2D eigenvalue weighted by molar-refractivity contribution is -0.121. The zero-order valence-electron chi connectivity index (χ0n) is 9.71. The van der Waals surface area contributed by atoms with Crippen LogP contribution in [0.1, 0.15) is 5.56 Å². The molecule has 0 fully saturated rings. The molecule has 1 aromatic carbocycles. The second kappa shape index (κ2) is 5.90. The maximum atomic E-state index is 13.3. The van der Waals surface area contributed by atoms with Gasteiger partial charge < -0.3 is 5.32 Å². The Labute approximate surface area is 104 Å². The summed E-state index contributed by atoms with van der Waals surface area (Å²) in [7, 11) is 0. The third-order valence-electron chi connectivity index (χ3n) is 2.45. The molecule has 0 radical (unpaired) electrons. The van der Waals surface area contributed by atoms with Gasteiger partial charge in [-0.15, -0.1) is 0 Å². The Balaban J connectivity index is 1.75. The fraction of sp³-hybridized carbons (Fsp3) is 0.250. The first-order valence-corrected chi connectivity index (χ1v) is 5.58. The molecule has 5 nitrogen and oxygen atoms in total. The third-order valence-corrected chi connectivity index (χ3v) is 2.45. The summed E-state index contributed by atoms with van der Waals surface area (Å²) < 4.78 is 14.7. The van der Waals surface area contributed by atoms with Gasteiger partial charge in [0.1, 0.15) is 25.0 Å². The number of nitrogens with zero attached hydrogens (tertiary/aromatic N) is 3. The molecule has 6 heteroatoms. The lowest BCUT2D eigenvalue weighted by atomic mass is 10.1. The predicted octanol–water partition coefficient (Wildman–Crippen LogP) is 0.776. The van der Waals surface area contributed by atoms with Crippen molar-refractivity contribution in [3.63, 3.8) is 0 Å². The largest absolute Gasteiger partial charge is 0.354 e. The molecule has 0 aliphatic carbocycles. The highest BCUT2D eigenvalue weighted by molar-refractivity contribution is 5.75. The fourth-order valence-corrected chi connectivity index (χ4v) is 1.56. The number of amides is 1. The van der Waals surface area contributed by atoms with Gasteiger partial charge in [-0.3, -0.25) is 4.79 Å². The third kappa shape index (κ3) is 3.38. The van der Waals surface area contributed by atoms with Crippen LogP contribution in [0.15, 0.2) is 36.9 Å². The molecule has 0 unspecified atom stereocenters. The van der Waals surface area contributed by atoms with Crippen LogP contribution in [0.2, 0.25) is 0 Å². The van der Waals surface area contributed by atoms with Gasteiger partial charge in [-0.1, -0.05) is 18.2 Å².